The largest absolute Gasteiger partial charge is 0.394 e. The van der Waals surface area contributed by atoms with Gasteiger partial charge < -0.3 is 14.6 Å². The predicted octanol–water partition coefficient (Wildman–Crippen LogP) is 3.43. The molecule has 3 atom stereocenters. The molecule has 0 bridgehead atoms. The zero-order valence-corrected chi connectivity index (χ0v) is 11.9. The maximum atomic E-state index is 12.9. The molecule has 1 aliphatic heterocycles. The van der Waals surface area contributed by atoms with Gasteiger partial charge in [0.25, 0.3) is 0 Å². The molecule has 20 heavy (non-hydrogen) atoms. The van der Waals surface area contributed by atoms with E-state index < -0.39 is 31.1 Å². The lowest BCUT2D eigenvalue weighted by Gasteiger charge is -2.27. The minimum absolute atomic E-state index is 0.387. The van der Waals surface area contributed by atoms with Gasteiger partial charge in [0, 0.05) is 6.61 Å². The summed E-state index contributed by atoms with van der Waals surface area (Å²) >= 11 is 0. The molecule has 2 unspecified atom stereocenters. The van der Waals surface area contributed by atoms with Crippen molar-refractivity contribution < 1.29 is 27.8 Å². The van der Waals surface area contributed by atoms with Crippen molar-refractivity contribution in [3.63, 3.8) is 0 Å². The standard InChI is InChI=1S/C14H23F3O3/c1-10(2)7-12(18)8-11(14(15,16)17)9-20-13-5-3-4-6-19-13/h7,11-13,18H,3-6,8-9H2,1-2H3/t11-,12?,13?/m0/s1. The van der Waals surface area contributed by atoms with E-state index >= 15 is 0 Å². The molecule has 1 heterocycles. The van der Waals surface area contributed by atoms with Crippen molar-refractivity contribution in [3.05, 3.63) is 11.6 Å². The molecule has 118 valence electrons. The number of halogens is 3. The molecule has 0 aromatic heterocycles. The fourth-order valence-electron chi connectivity index (χ4n) is 2.11. The molecule has 1 N–H and O–H groups in total. The molecule has 0 saturated carbocycles. The van der Waals surface area contributed by atoms with Crippen LogP contribution in [0.5, 0.6) is 0 Å². The van der Waals surface area contributed by atoms with Gasteiger partial charge in [0.2, 0.25) is 0 Å². The number of allylic oxidation sites excluding steroid dienone is 1. The summed E-state index contributed by atoms with van der Waals surface area (Å²) in [7, 11) is 0. The molecule has 6 heteroatoms. The van der Waals surface area contributed by atoms with Gasteiger partial charge in [-0.05, 0) is 39.5 Å². The predicted molar refractivity (Wildman–Crippen MR) is 69.1 cm³/mol. The highest BCUT2D eigenvalue weighted by atomic mass is 19.4. The van der Waals surface area contributed by atoms with E-state index in [9.17, 15) is 18.3 Å². The van der Waals surface area contributed by atoms with Crippen molar-refractivity contribution in [1.82, 2.24) is 0 Å². The van der Waals surface area contributed by atoms with Crippen LogP contribution in [-0.2, 0) is 9.47 Å². The molecule has 1 rings (SSSR count). The summed E-state index contributed by atoms with van der Waals surface area (Å²) in [6, 6.07) is 0. The van der Waals surface area contributed by atoms with Crippen molar-refractivity contribution in [2.75, 3.05) is 13.2 Å². The summed E-state index contributed by atoms with van der Waals surface area (Å²) in [5.41, 5.74) is 0.787. The van der Waals surface area contributed by atoms with Crippen LogP contribution in [0.3, 0.4) is 0 Å². The normalized spacial score (nSPS) is 23.2. The van der Waals surface area contributed by atoms with E-state index in [1.807, 2.05) is 0 Å². The van der Waals surface area contributed by atoms with E-state index in [2.05, 4.69) is 0 Å². The Morgan fingerprint density at radius 2 is 2.10 bits per heavy atom. The van der Waals surface area contributed by atoms with Gasteiger partial charge in [-0.1, -0.05) is 11.6 Å². The van der Waals surface area contributed by atoms with Crippen molar-refractivity contribution in [2.24, 2.45) is 5.92 Å². The first kappa shape index (κ1) is 17.5. The van der Waals surface area contributed by atoms with E-state index in [4.69, 9.17) is 9.47 Å². The monoisotopic (exact) mass is 296 g/mol. The SMILES string of the molecule is CC(C)=CC(O)C[C@@H](COC1CCCCO1)C(F)(F)F. The summed E-state index contributed by atoms with van der Waals surface area (Å²) in [4.78, 5) is 0. The Kier molecular flexibility index (Phi) is 6.99. The molecule has 1 fully saturated rings. The number of ether oxygens (including phenoxy) is 2. The quantitative estimate of drug-likeness (QED) is 0.763. The molecular weight excluding hydrogens is 273 g/mol. The van der Waals surface area contributed by atoms with Gasteiger partial charge >= 0.3 is 6.18 Å². The summed E-state index contributed by atoms with van der Waals surface area (Å²) in [6.45, 7) is 3.53. The topological polar surface area (TPSA) is 38.7 Å². The van der Waals surface area contributed by atoms with Gasteiger partial charge in [0.05, 0.1) is 18.6 Å². The van der Waals surface area contributed by atoms with E-state index in [1.54, 1.807) is 13.8 Å². The summed E-state index contributed by atoms with van der Waals surface area (Å²) in [6.07, 6.45) is -2.55. The third kappa shape index (κ3) is 6.72. The average molecular weight is 296 g/mol. The van der Waals surface area contributed by atoms with Crippen LogP contribution < -0.4 is 0 Å². The lowest BCUT2D eigenvalue weighted by molar-refractivity contribution is -0.225. The molecule has 3 nitrogen and oxygen atoms in total. The number of hydrogen-bond acceptors (Lipinski definition) is 3. The molecule has 0 amide bonds. The van der Waals surface area contributed by atoms with E-state index in [0.29, 0.717) is 13.0 Å². The summed E-state index contributed by atoms with van der Waals surface area (Å²) < 4.78 is 49.2. The van der Waals surface area contributed by atoms with Crippen molar-refractivity contribution in [1.29, 1.82) is 0 Å². The zero-order valence-electron chi connectivity index (χ0n) is 11.9. The van der Waals surface area contributed by atoms with Crippen LogP contribution in [-0.4, -0.2) is 36.9 Å². The van der Waals surface area contributed by atoms with Gasteiger partial charge in [-0.25, -0.2) is 0 Å². The molecule has 1 aliphatic rings. The highest BCUT2D eigenvalue weighted by Gasteiger charge is 2.41. The number of hydrogen-bond donors (Lipinski definition) is 1. The maximum Gasteiger partial charge on any atom is 0.394 e. The second kappa shape index (κ2) is 8.00. The van der Waals surface area contributed by atoms with Gasteiger partial charge in [-0.15, -0.1) is 0 Å². The summed E-state index contributed by atoms with van der Waals surface area (Å²) in [5, 5.41) is 9.63. The Bertz CT molecular complexity index is 305. The third-order valence-electron chi connectivity index (χ3n) is 3.14. The Balaban J connectivity index is 2.49. The van der Waals surface area contributed by atoms with Gasteiger partial charge in [-0.2, -0.15) is 13.2 Å². The molecule has 0 aliphatic carbocycles. The zero-order chi connectivity index (χ0) is 15.2. The second-order valence-corrected chi connectivity index (χ2v) is 5.42. The van der Waals surface area contributed by atoms with Crippen molar-refractivity contribution >= 4 is 0 Å². The van der Waals surface area contributed by atoms with Crippen LogP contribution in [0.1, 0.15) is 39.5 Å². The Morgan fingerprint density at radius 1 is 1.40 bits per heavy atom. The fourth-order valence-corrected chi connectivity index (χ4v) is 2.11. The number of aliphatic hydroxyl groups excluding tert-OH is 1. The molecule has 1 saturated heterocycles. The van der Waals surface area contributed by atoms with Crippen molar-refractivity contribution in [2.45, 2.75) is 58.1 Å². The Morgan fingerprint density at radius 3 is 2.60 bits per heavy atom. The van der Waals surface area contributed by atoms with Crippen LogP contribution in [0.4, 0.5) is 13.2 Å². The van der Waals surface area contributed by atoms with Gasteiger partial charge in [0.1, 0.15) is 0 Å². The molecule has 0 radical (unpaired) electrons. The van der Waals surface area contributed by atoms with Crippen LogP contribution in [0, 0.1) is 5.92 Å². The Hall–Kier alpha value is -0.590. The van der Waals surface area contributed by atoms with Gasteiger partial charge in [0.15, 0.2) is 6.29 Å². The third-order valence-corrected chi connectivity index (χ3v) is 3.14. The van der Waals surface area contributed by atoms with Crippen molar-refractivity contribution in [3.8, 4) is 0 Å². The number of alkyl halides is 3. The minimum Gasteiger partial charge on any atom is -0.389 e. The molecular formula is C14H23F3O3. The lowest BCUT2D eigenvalue weighted by Crippen LogP contribution is -2.33. The maximum absolute atomic E-state index is 12.9. The first-order valence-corrected chi connectivity index (χ1v) is 6.92. The number of aliphatic hydroxyl groups is 1. The Labute approximate surface area is 117 Å². The highest BCUT2D eigenvalue weighted by molar-refractivity contribution is 4.98. The first-order chi connectivity index (χ1) is 9.29. The molecule has 0 aromatic carbocycles. The van der Waals surface area contributed by atoms with E-state index in [0.717, 1.165) is 18.4 Å². The van der Waals surface area contributed by atoms with E-state index in [1.165, 1.54) is 6.08 Å². The average Bonchev–Trinajstić information content (AvgIpc) is 2.33. The molecule has 0 aromatic rings. The summed E-state index contributed by atoms with van der Waals surface area (Å²) in [5.74, 6) is -1.68. The minimum atomic E-state index is -4.38. The first-order valence-electron chi connectivity index (χ1n) is 6.92. The smallest absolute Gasteiger partial charge is 0.389 e. The van der Waals surface area contributed by atoms with Crippen LogP contribution in [0.25, 0.3) is 0 Å². The fraction of sp³-hybridized carbons (Fsp3) is 0.857. The van der Waals surface area contributed by atoms with E-state index in [-0.39, 0.29) is 6.42 Å². The van der Waals surface area contributed by atoms with Crippen LogP contribution in [0.15, 0.2) is 11.6 Å². The van der Waals surface area contributed by atoms with Gasteiger partial charge in [-0.3, -0.25) is 0 Å². The van der Waals surface area contributed by atoms with Crippen LogP contribution >= 0.6 is 0 Å². The second-order valence-electron chi connectivity index (χ2n) is 5.42. The number of rotatable bonds is 6. The lowest BCUT2D eigenvalue weighted by atomic mass is 10.0. The molecule has 0 spiro atoms. The van der Waals surface area contributed by atoms with Crippen LogP contribution in [0.2, 0.25) is 0 Å². The highest BCUT2D eigenvalue weighted by Crippen LogP contribution is 2.31.